The molecular formula is C23H40. The Labute approximate surface area is 145 Å². The molecule has 0 aliphatic heterocycles. The number of hydrogen-bond acceptors (Lipinski definition) is 0. The molecule has 0 heteroatoms. The van der Waals surface area contributed by atoms with Crippen molar-refractivity contribution in [1.29, 1.82) is 0 Å². The van der Waals surface area contributed by atoms with Gasteiger partial charge in [0.25, 0.3) is 0 Å². The average molecular weight is 317 g/mol. The van der Waals surface area contributed by atoms with Crippen molar-refractivity contribution >= 4 is 0 Å². The van der Waals surface area contributed by atoms with E-state index in [2.05, 4.69) is 0 Å². The van der Waals surface area contributed by atoms with Gasteiger partial charge in [0.15, 0.2) is 0 Å². The summed E-state index contributed by atoms with van der Waals surface area (Å²) in [5, 5.41) is 0. The molecule has 0 spiro atoms. The molecule has 4 fully saturated rings. The molecule has 4 rings (SSSR count). The van der Waals surface area contributed by atoms with E-state index in [1.807, 2.05) is 0 Å². The highest BCUT2D eigenvalue weighted by atomic mass is 14.5. The van der Waals surface area contributed by atoms with Gasteiger partial charge in [0.1, 0.15) is 0 Å². The van der Waals surface area contributed by atoms with E-state index in [0.717, 1.165) is 23.7 Å². The van der Waals surface area contributed by atoms with Crippen molar-refractivity contribution in [3.05, 3.63) is 0 Å². The maximum atomic E-state index is 1.63. The molecule has 0 amide bonds. The fourth-order valence-electron chi connectivity index (χ4n) is 6.79. The fraction of sp³-hybridized carbons (Fsp3) is 1.00. The summed E-state index contributed by atoms with van der Waals surface area (Å²) in [5.74, 6) is 6.85. The average Bonchev–Trinajstić information content (AvgIpc) is 3.28. The second-order valence-electron chi connectivity index (χ2n) is 9.93. The van der Waals surface area contributed by atoms with Gasteiger partial charge in [0, 0.05) is 0 Å². The Hall–Kier alpha value is 0. The molecule has 4 unspecified atom stereocenters. The SMILES string of the molecule is C1CCCC(CC2CCC(CC3CC3C3CCCCC3)C2)CC1. The normalized spacial score (nSPS) is 40.2. The summed E-state index contributed by atoms with van der Waals surface area (Å²) in [4.78, 5) is 0. The van der Waals surface area contributed by atoms with Crippen molar-refractivity contribution in [3.63, 3.8) is 0 Å². The van der Waals surface area contributed by atoms with Crippen molar-refractivity contribution in [2.24, 2.45) is 35.5 Å². The first-order chi connectivity index (χ1) is 11.4. The quantitative estimate of drug-likeness (QED) is 0.464. The second kappa shape index (κ2) is 7.92. The van der Waals surface area contributed by atoms with Crippen LogP contribution < -0.4 is 0 Å². The van der Waals surface area contributed by atoms with Crippen LogP contribution >= 0.6 is 0 Å². The Bertz CT molecular complexity index is 345. The topological polar surface area (TPSA) is 0 Å². The molecule has 0 radical (unpaired) electrons. The van der Waals surface area contributed by atoms with Crippen LogP contribution in [0.4, 0.5) is 0 Å². The monoisotopic (exact) mass is 316 g/mol. The first-order valence-corrected chi connectivity index (χ1v) is 11.4. The van der Waals surface area contributed by atoms with E-state index in [0.29, 0.717) is 0 Å². The number of hydrogen-bond donors (Lipinski definition) is 0. The molecule has 4 aliphatic rings. The van der Waals surface area contributed by atoms with Crippen LogP contribution in [0.15, 0.2) is 0 Å². The molecule has 4 saturated carbocycles. The van der Waals surface area contributed by atoms with Crippen LogP contribution in [0.1, 0.15) is 109 Å². The van der Waals surface area contributed by atoms with Gasteiger partial charge in [0.2, 0.25) is 0 Å². The molecule has 23 heavy (non-hydrogen) atoms. The lowest BCUT2D eigenvalue weighted by atomic mass is 9.84. The van der Waals surface area contributed by atoms with Crippen LogP contribution in [0.2, 0.25) is 0 Å². The fourth-order valence-corrected chi connectivity index (χ4v) is 6.79. The lowest BCUT2D eigenvalue weighted by Gasteiger charge is -2.22. The van der Waals surface area contributed by atoms with E-state index < -0.39 is 0 Å². The van der Waals surface area contributed by atoms with Crippen molar-refractivity contribution in [3.8, 4) is 0 Å². The molecule has 0 nitrogen and oxygen atoms in total. The predicted octanol–water partition coefficient (Wildman–Crippen LogP) is 7.37. The standard InChI is InChI=1S/C23H40/c1-2-5-9-18(8-4-1)14-19-12-13-20(15-19)16-22-17-23(22)21-10-6-3-7-11-21/h18-23H,1-17H2. The maximum Gasteiger partial charge on any atom is -0.0354 e. The van der Waals surface area contributed by atoms with Gasteiger partial charge in [-0.05, 0) is 61.2 Å². The van der Waals surface area contributed by atoms with Crippen LogP contribution in [0.3, 0.4) is 0 Å². The summed E-state index contributed by atoms with van der Waals surface area (Å²) in [6.45, 7) is 0. The van der Waals surface area contributed by atoms with E-state index in [9.17, 15) is 0 Å². The first-order valence-electron chi connectivity index (χ1n) is 11.4. The van der Waals surface area contributed by atoms with Crippen LogP contribution in [0, 0.1) is 35.5 Å². The molecular weight excluding hydrogens is 276 g/mol. The number of rotatable bonds is 5. The molecule has 0 aromatic carbocycles. The Kier molecular flexibility index (Phi) is 5.67. The Morgan fingerprint density at radius 2 is 1.09 bits per heavy atom. The van der Waals surface area contributed by atoms with Gasteiger partial charge in [-0.15, -0.1) is 0 Å². The third kappa shape index (κ3) is 4.55. The molecule has 0 heterocycles. The molecule has 0 aromatic rings. The van der Waals surface area contributed by atoms with E-state index >= 15 is 0 Å². The van der Waals surface area contributed by atoms with E-state index in [1.165, 1.54) is 43.9 Å². The van der Waals surface area contributed by atoms with Crippen molar-refractivity contribution in [2.75, 3.05) is 0 Å². The minimum absolute atomic E-state index is 1.11. The second-order valence-corrected chi connectivity index (χ2v) is 9.93. The Balaban J connectivity index is 1.16. The van der Waals surface area contributed by atoms with Gasteiger partial charge in [-0.25, -0.2) is 0 Å². The van der Waals surface area contributed by atoms with Gasteiger partial charge in [-0.2, -0.15) is 0 Å². The summed E-state index contributed by atoms with van der Waals surface area (Å²) >= 11 is 0. The van der Waals surface area contributed by atoms with Crippen LogP contribution in [-0.2, 0) is 0 Å². The van der Waals surface area contributed by atoms with Gasteiger partial charge in [-0.1, -0.05) is 83.5 Å². The van der Waals surface area contributed by atoms with Gasteiger partial charge >= 0.3 is 0 Å². The highest BCUT2D eigenvalue weighted by molar-refractivity contribution is 4.94. The lowest BCUT2D eigenvalue weighted by Crippen LogP contribution is -2.10. The highest BCUT2D eigenvalue weighted by Gasteiger charge is 2.44. The summed E-state index contributed by atoms with van der Waals surface area (Å²) in [6, 6.07) is 0. The summed E-state index contributed by atoms with van der Waals surface area (Å²) in [6.07, 6.45) is 26.6. The smallest absolute Gasteiger partial charge is 0.0354 e. The molecule has 0 aromatic heterocycles. The van der Waals surface area contributed by atoms with Crippen molar-refractivity contribution in [2.45, 2.75) is 109 Å². The van der Waals surface area contributed by atoms with E-state index in [-0.39, 0.29) is 0 Å². The molecule has 4 aliphatic carbocycles. The minimum atomic E-state index is 1.11. The van der Waals surface area contributed by atoms with Crippen molar-refractivity contribution < 1.29 is 0 Å². The Morgan fingerprint density at radius 1 is 0.478 bits per heavy atom. The van der Waals surface area contributed by atoms with E-state index in [4.69, 9.17) is 0 Å². The molecule has 132 valence electrons. The summed E-state index contributed by atoms with van der Waals surface area (Å²) in [7, 11) is 0. The Morgan fingerprint density at radius 3 is 1.83 bits per heavy atom. The largest absolute Gasteiger partial charge is 0.0533 e. The van der Waals surface area contributed by atoms with E-state index in [1.54, 1.807) is 77.0 Å². The van der Waals surface area contributed by atoms with Gasteiger partial charge < -0.3 is 0 Å². The molecule has 0 N–H and O–H groups in total. The highest BCUT2D eigenvalue weighted by Crippen LogP contribution is 2.54. The zero-order valence-electron chi connectivity index (χ0n) is 15.5. The third-order valence-corrected chi connectivity index (χ3v) is 8.16. The van der Waals surface area contributed by atoms with Crippen LogP contribution in [0.5, 0.6) is 0 Å². The van der Waals surface area contributed by atoms with Gasteiger partial charge in [0.05, 0.1) is 0 Å². The van der Waals surface area contributed by atoms with Crippen LogP contribution in [0.25, 0.3) is 0 Å². The van der Waals surface area contributed by atoms with Crippen molar-refractivity contribution in [1.82, 2.24) is 0 Å². The zero-order valence-corrected chi connectivity index (χ0v) is 15.5. The predicted molar refractivity (Wildman–Crippen MR) is 99.4 cm³/mol. The maximum absolute atomic E-state index is 1.63. The zero-order chi connectivity index (χ0) is 15.5. The molecule has 4 atom stereocenters. The summed E-state index contributed by atoms with van der Waals surface area (Å²) in [5.41, 5.74) is 0. The summed E-state index contributed by atoms with van der Waals surface area (Å²) < 4.78 is 0. The minimum Gasteiger partial charge on any atom is -0.0533 e. The molecule has 0 bridgehead atoms. The first kappa shape index (κ1) is 16.5. The molecule has 0 saturated heterocycles. The van der Waals surface area contributed by atoms with Crippen LogP contribution in [-0.4, -0.2) is 0 Å². The van der Waals surface area contributed by atoms with Gasteiger partial charge in [-0.3, -0.25) is 0 Å². The third-order valence-electron chi connectivity index (χ3n) is 8.16. The lowest BCUT2D eigenvalue weighted by molar-refractivity contribution is 0.295.